The summed E-state index contributed by atoms with van der Waals surface area (Å²) < 4.78 is 11.3. The fraction of sp³-hybridized carbons (Fsp3) is 0.611. The molecule has 1 unspecified atom stereocenters. The summed E-state index contributed by atoms with van der Waals surface area (Å²) in [4.78, 5) is 14.6. The Kier molecular flexibility index (Phi) is 4.39. The van der Waals surface area contributed by atoms with Gasteiger partial charge in [0.2, 0.25) is 0 Å². The number of ether oxygens (including phenoxy) is 2. The van der Waals surface area contributed by atoms with Gasteiger partial charge in [0.15, 0.2) is 0 Å². The third-order valence-corrected chi connectivity index (χ3v) is 4.71. The molecule has 1 aromatic carbocycles. The number of hydrogen-bond donors (Lipinski definition) is 0. The molecule has 0 aliphatic carbocycles. The number of carbonyl (C=O) groups is 1. The number of nitrogens with zero attached hydrogens (tertiary/aromatic N) is 1. The topological polar surface area (TPSA) is 38.8 Å². The van der Waals surface area contributed by atoms with Crippen LogP contribution in [0.15, 0.2) is 24.3 Å². The minimum atomic E-state index is -0.0356. The summed E-state index contributed by atoms with van der Waals surface area (Å²) in [6.45, 7) is 6.55. The lowest BCUT2D eigenvalue weighted by Crippen LogP contribution is -2.42. The van der Waals surface area contributed by atoms with E-state index in [1.807, 2.05) is 29.2 Å². The lowest BCUT2D eigenvalue weighted by atomic mass is 10.0. The molecule has 0 aromatic heterocycles. The maximum absolute atomic E-state index is 12.6. The maximum Gasteiger partial charge on any atom is 0.254 e. The number of benzene rings is 1. The van der Waals surface area contributed by atoms with Crippen molar-refractivity contribution in [1.82, 2.24) is 4.90 Å². The van der Waals surface area contributed by atoms with E-state index in [9.17, 15) is 4.79 Å². The van der Waals surface area contributed by atoms with Gasteiger partial charge < -0.3 is 14.4 Å². The third kappa shape index (κ3) is 3.27. The van der Waals surface area contributed by atoms with E-state index in [1.165, 1.54) is 0 Å². The van der Waals surface area contributed by atoms with Crippen LogP contribution >= 0.6 is 0 Å². The van der Waals surface area contributed by atoms with E-state index in [0.717, 1.165) is 50.1 Å². The summed E-state index contributed by atoms with van der Waals surface area (Å²) in [6, 6.07) is 7.49. The lowest BCUT2D eigenvalue weighted by molar-refractivity contribution is 0.0649. The van der Waals surface area contributed by atoms with Crippen molar-refractivity contribution in [3.05, 3.63) is 29.8 Å². The summed E-state index contributed by atoms with van der Waals surface area (Å²) in [5, 5.41) is 0. The zero-order valence-electron chi connectivity index (χ0n) is 13.5. The van der Waals surface area contributed by atoms with Crippen molar-refractivity contribution in [2.45, 2.75) is 51.2 Å². The second-order valence-electron chi connectivity index (χ2n) is 6.84. The van der Waals surface area contributed by atoms with Crippen LogP contribution < -0.4 is 4.74 Å². The van der Waals surface area contributed by atoms with Crippen molar-refractivity contribution in [3.8, 4) is 5.75 Å². The van der Waals surface area contributed by atoms with E-state index in [-0.39, 0.29) is 17.6 Å². The Balaban J connectivity index is 1.60. The van der Waals surface area contributed by atoms with E-state index in [2.05, 4.69) is 13.8 Å². The van der Waals surface area contributed by atoms with E-state index >= 15 is 0 Å². The molecule has 0 saturated carbocycles. The molecule has 120 valence electrons. The highest BCUT2D eigenvalue weighted by molar-refractivity contribution is 5.95. The first-order chi connectivity index (χ1) is 10.6. The van der Waals surface area contributed by atoms with Crippen molar-refractivity contribution in [2.75, 3.05) is 19.8 Å². The Bertz CT molecular complexity index is 518. The van der Waals surface area contributed by atoms with Crippen molar-refractivity contribution >= 4 is 5.91 Å². The zero-order chi connectivity index (χ0) is 15.6. The minimum Gasteiger partial charge on any atom is -0.491 e. The van der Waals surface area contributed by atoms with Gasteiger partial charge in [-0.1, -0.05) is 0 Å². The van der Waals surface area contributed by atoms with Crippen LogP contribution in [0.1, 0.15) is 49.9 Å². The van der Waals surface area contributed by atoms with Gasteiger partial charge in [0.25, 0.3) is 5.91 Å². The van der Waals surface area contributed by atoms with Gasteiger partial charge in [0, 0.05) is 24.3 Å². The molecule has 2 aliphatic heterocycles. The Labute approximate surface area is 132 Å². The fourth-order valence-corrected chi connectivity index (χ4v) is 3.30. The smallest absolute Gasteiger partial charge is 0.254 e. The van der Waals surface area contributed by atoms with E-state index < -0.39 is 0 Å². The molecule has 0 spiro atoms. The fourth-order valence-electron chi connectivity index (χ4n) is 3.30. The molecule has 1 amide bonds. The number of hydrogen-bond acceptors (Lipinski definition) is 3. The van der Waals surface area contributed by atoms with Gasteiger partial charge in [-0.2, -0.15) is 0 Å². The van der Waals surface area contributed by atoms with Crippen molar-refractivity contribution in [2.24, 2.45) is 0 Å². The highest BCUT2D eigenvalue weighted by Crippen LogP contribution is 2.30. The van der Waals surface area contributed by atoms with Gasteiger partial charge in [-0.15, -0.1) is 0 Å². The first kappa shape index (κ1) is 15.3. The molecule has 4 heteroatoms. The van der Waals surface area contributed by atoms with Crippen molar-refractivity contribution in [1.29, 1.82) is 0 Å². The third-order valence-electron chi connectivity index (χ3n) is 4.71. The molecule has 2 aliphatic rings. The predicted octanol–water partition coefficient (Wildman–Crippen LogP) is 3.26. The Morgan fingerprint density at radius 3 is 2.68 bits per heavy atom. The maximum atomic E-state index is 12.6. The molecule has 22 heavy (non-hydrogen) atoms. The summed E-state index contributed by atoms with van der Waals surface area (Å²) in [6.07, 6.45) is 4.56. The van der Waals surface area contributed by atoms with Gasteiger partial charge in [-0.3, -0.25) is 4.79 Å². The SMILES string of the molecule is CC1(C)CCCN1C(=O)c1ccc(OCC2CCCO2)cc1. The van der Waals surface area contributed by atoms with Gasteiger partial charge in [-0.25, -0.2) is 0 Å². The molecule has 0 N–H and O–H groups in total. The second-order valence-corrected chi connectivity index (χ2v) is 6.84. The molecule has 2 saturated heterocycles. The monoisotopic (exact) mass is 303 g/mol. The average Bonchev–Trinajstić information content (AvgIpc) is 3.14. The van der Waals surface area contributed by atoms with Crippen LogP contribution in [0.4, 0.5) is 0 Å². The van der Waals surface area contributed by atoms with Gasteiger partial charge in [0.05, 0.1) is 6.10 Å². The molecular weight excluding hydrogens is 278 g/mol. The van der Waals surface area contributed by atoms with Crippen molar-refractivity contribution in [3.63, 3.8) is 0 Å². The van der Waals surface area contributed by atoms with Crippen LogP contribution in [0.3, 0.4) is 0 Å². The zero-order valence-corrected chi connectivity index (χ0v) is 13.5. The molecule has 0 bridgehead atoms. The first-order valence-electron chi connectivity index (χ1n) is 8.23. The average molecular weight is 303 g/mol. The molecule has 3 rings (SSSR count). The van der Waals surface area contributed by atoms with Gasteiger partial charge >= 0.3 is 0 Å². The van der Waals surface area contributed by atoms with Crippen LogP contribution in [-0.2, 0) is 4.74 Å². The first-order valence-corrected chi connectivity index (χ1v) is 8.23. The van der Waals surface area contributed by atoms with Crippen LogP contribution in [0, 0.1) is 0 Å². The predicted molar refractivity (Wildman–Crippen MR) is 85.3 cm³/mol. The highest BCUT2D eigenvalue weighted by atomic mass is 16.5. The number of carbonyl (C=O) groups excluding carboxylic acids is 1. The Morgan fingerprint density at radius 1 is 1.32 bits per heavy atom. The quantitative estimate of drug-likeness (QED) is 0.857. The van der Waals surface area contributed by atoms with E-state index in [1.54, 1.807) is 0 Å². The number of rotatable bonds is 4. The van der Waals surface area contributed by atoms with Crippen LogP contribution in [0.25, 0.3) is 0 Å². The molecular formula is C18H25NO3. The standard InChI is InChI=1S/C18H25NO3/c1-18(2)10-4-11-19(18)17(20)14-6-8-15(9-7-14)22-13-16-5-3-12-21-16/h6-9,16H,3-5,10-13H2,1-2H3. The second kappa shape index (κ2) is 6.29. The largest absolute Gasteiger partial charge is 0.491 e. The Hall–Kier alpha value is -1.55. The Morgan fingerprint density at radius 2 is 2.09 bits per heavy atom. The summed E-state index contributed by atoms with van der Waals surface area (Å²) in [5.41, 5.74) is 0.700. The van der Waals surface area contributed by atoms with Crippen LogP contribution in [-0.4, -0.2) is 42.2 Å². The summed E-state index contributed by atoms with van der Waals surface area (Å²) in [7, 11) is 0. The molecule has 1 atom stereocenters. The van der Waals surface area contributed by atoms with Gasteiger partial charge in [0.1, 0.15) is 12.4 Å². The highest BCUT2D eigenvalue weighted by Gasteiger charge is 2.35. The van der Waals surface area contributed by atoms with E-state index in [4.69, 9.17) is 9.47 Å². The van der Waals surface area contributed by atoms with Crippen molar-refractivity contribution < 1.29 is 14.3 Å². The summed E-state index contributed by atoms with van der Waals surface area (Å²) in [5.74, 6) is 0.918. The van der Waals surface area contributed by atoms with E-state index in [0.29, 0.717) is 6.61 Å². The normalized spacial score (nSPS) is 23.7. The van der Waals surface area contributed by atoms with Crippen LogP contribution in [0.5, 0.6) is 5.75 Å². The number of amides is 1. The molecule has 1 aromatic rings. The lowest BCUT2D eigenvalue weighted by Gasteiger charge is -2.31. The summed E-state index contributed by atoms with van der Waals surface area (Å²) >= 11 is 0. The van der Waals surface area contributed by atoms with Crippen LogP contribution in [0.2, 0.25) is 0 Å². The molecule has 0 radical (unpaired) electrons. The minimum absolute atomic E-state index is 0.0356. The number of likely N-dealkylation sites (tertiary alicyclic amines) is 1. The molecule has 4 nitrogen and oxygen atoms in total. The van der Waals surface area contributed by atoms with Gasteiger partial charge in [-0.05, 0) is 63.8 Å². The molecule has 2 fully saturated rings. The molecule has 2 heterocycles.